The lowest BCUT2D eigenvalue weighted by atomic mass is 10.1. The van der Waals surface area contributed by atoms with E-state index in [0.717, 1.165) is 23.5 Å². The molecule has 5 nitrogen and oxygen atoms in total. The zero-order chi connectivity index (χ0) is 22.8. The van der Waals surface area contributed by atoms with Gasteiger partial charge in [-0.25, -0.2) is 4.98 Å². The molecule has 0 amide bonds. The van der Waals surface area contributed by atoms with Gasteiger partial charge >= 0.3 is 12.8 Å². The fourth-order valence-electron chi connectivity index (χ4n) is 2.72. The van der Waals surface area contributed by atoms with Crippen molar-refractivity contribution in [2.24, 2.45) is 0 Å². The molecule has 0 fully saturated rings. The third-order valence-electron chi connectivity index (χ3n) is 4.07. The van der Waals surface area contributed by atoms with Crippen LogP contribution < -0.4 is 14.2 Å². The van der Waals surface area contributed by atoms with Crippen LogP contribution in [0.4, 0.5) is 22.0 Å². The van der Waals surface area contributed by atoms with E-state index < -0.39 is 18.4 Å². The number of aromatic nitrogens is 1. The van der Waals surface area contributed by atoms with E-state index in [0.29, 0.717) is 10.3 Å². The standard InChI is InChI=1S/C20H13F5N2O3S/c1-28-14-6-10(7-15(29-2)17(14)30-19(21)22)5-11(9-26)18-27-13-8-12(20(23,24)25)3-4-16(13)31-18/h3-8,19H,1-2H3/b11-5-. The first-order valence-electron chi connectivity index (χ1n) is 8.47. The molecule has 0 saturated carbocycles. The van der Waals surface area contributed by atoms with Crippen LogP contribution >= 0.6 is 11.3 Å². The predicted octanol–water partition coefficient (Wildman–Crippen LogP) is 6.00. The topological polar surface area (TPSA) is 64.4 Å². The molecule has 1 aromatic heterocycles. The fraction of sp³-hybridized carbons (Fsp3) is 0.200. The van der Waals surface area contributed by atoms with Crippen molar-refractivity contribution in [2.75, 3.05) is 14.2 Å². The first-order chi connectivity index (χ1) is 14.7. The van der Waals surface area contributed by atoms with Crippen molar-refractivity contribution in [1.29, 1.82) is 5.26 Å². The minimum atomic E-state index is -4.51. The highest BCUT2D eigenvalue weighted by molar-refractivity contribution is 7.19. The van der Waals surface area contributed by atoms with E-state index in [1.165, 1.54) is 38.5 Å². The largest absolute Gasteiger partial charge is 0.493 e. The molecule has 31 heavy (non-hydrogen) atoms. The number of hydrogen-bond acceptors (Lipinski definition) is 6. The van der Waals surface area contributed by atoms with Gasteiger partial charge in [0.25, 0.3) is 0 Å². The number of hydrogen-bond donors (Lipinski definition) is 0. The van der Waals surface area contributed by atoms with Crippen molar-refractivity contribution < 1.29 is 36.2 Å². The normalized spacial score (nSPS) is 12.2. The first-order valence-corrected chi connectivity index (χ1v) is 9.28. The summed E-state index contributed by atoms with van der Waals surface area (Å²) in [5.41, 5.74) is -0.334. The molecule has 2 aromatic carbocycles. The Bertz CT molecular complexity index is 1160. The van der Waals surface area contributed by atoms with Crippen molar-refractivity contribution in [1.82, 2.24) is 4.98 Å². The zero-order valence-corrected chi connectivity index (χ0v) is 16.8. The number of benzene rings is 2. The summed E-state index contributed by atoms with van der Waals surface area (Å²) in [6.07, 6.45) is -3.12. The van der Waals surface area contributed by atoms with Gasteiger partial charge in [0.15, 0.2) is 11.5 Å². The van der Waals surface area contributed by atoms with Crippen molar-refractivity contribution in [2.45, 2.75) is 12.8 Å². The summed E-state index contributed by atoms with van der Waals surface area (Å²) in [5, 5.41) is 9.76. The van der Waals surface area contributed by atoms with E-state index >= 15 is 0 Å². The summed E-state index contributed by atoms with van der Waals surface area (Å²) in [6.45, 7) is -3.11. The number of allylic oxidation sites excluding steroid dienone is 1. The van der Waals surface area contributed by atoms with Crippen LogP contribution in [0.5, 0.6) is 17.2 Å². The summed E-state index contributed by atoms with van der Waals surface area (Å²) >= 11 is 1.04. The highest BCUT2D eigenvalue weighted by Gasteiger charge is 2.31. The smallest absolute Gasteiger partial charge is 0.416 e. The molecule has 0 atom stereocenters. The highest BCUT2D eigenvalue weighted by Crippen LogP contribution is 2.41. The van der Waals surface area contributed by atoms with Gasteiger partial charge in [0.2, 0.25) is 5.75 Å². The van der Waals surface area contributed by atoms with Gasteiger partial charge in [-0.3, -0.25) is 0 Å². The summed E-state index contributed by atoms with van der Waals surface area (Å²) in [5.74, 6) is -0.417. The van der Waals surface area contributed by atoms with E-state index in [4.69, 9.17) is 9.47 Å². The summed E-state index contributed by atoms with van der Waals surface area (Å²) in [4.78, 5) is 4.14. The van der Waals surface area contributed by atoms with Crippen LogP contribution in [0, 0.1) is 11.3 Å². The molecule has 162 valence electrons. The Hall–Kier alpha value is -3.39. The van der Waals surface area contributed by atoms with E-state index in [1.54, 1.807) is 0 Å². The molecule has 11 heteroatoms. The number of fused-ring (bicyclic) bond motifs is 1. The lowest BCUT2D eigenvalue weighted by Gasteiger charge is -2.14. The Morgan fingerprint density at radius 1 is 1.13 bits per heavy atom. The van der Waals surface area contributed by atoms with Crippen LogP contribution in [0.1, 0.15) is 16.1 Å². The number of ether oxygens (including phenoxy) is 3. The molecule has 0 spiro atoms. The van der Waals surface area contributed by atoms with Crippen LogP contribution in [0.3, 0.4) is 0 Å². The van der Waals surface area contributed by atoms with E-state index in [-0.39, 0.29) is 33.3 Å². The second-order valence-electron chi connectivity index (χ2n) is 6.00. The monoisotopic (exact) mass is 456 g/mol. The van der Waals surface area contributed by atoms with Crippen LogP contribution in [-0.2, 0) is 6.18 Å². The maximum Gasteiger partial charge on any atom is 0.416 e. The number of rotatable bonds is 6. The number of halogens is 5. The molecule has 3 aromatic rings. The predicted molar refractivity (Wildman–Crippen MR) is 104 cm³/mol. The van der Waals surface area contributed by atoms with Gasteiger partial charge in [0, 0.05) is 0 Å². The Morgan fingerprint density at radius 2 is 1.77 bits per heavy atom. The Kier molecular flexibility index (Phi) is 6.31. The van der Waals surface area contributed by atoms with Gasteiger partial charge in [0.05, 0.1) is 35.6 Å². The molecule has 0 N–H and O–H groups in total. The molecule has 0 bridgehead atoms. The molecule has 1 heterocycles. The average molecular weight is 456 g/mol. The fourth-order valence-corrected chi connectivity index (χ4v) is 3.63. The number of nitrogens with zero attached hydrogens (tertiary/aromatic N) is 2. The second-order valence-corrected chi connectivity index (χ2v) is 7.03. The van der Waals surface area contributed by atoms with Crippen LogP contribution in [0.2, 0.25) is 0 Å². The Morgan fingerprint density at radius 3 is 2.29 bits per heavy atom. The SMILES string of the molecule is COc1cc(/C=C(/C#N)c2nc3cc(C(F)(F)F)ccc3s2)cc(OC)c1OC(F)F. The number of alkyl halides is 5. The van der Waals surface area contributed by atoms with Gasteiger partial charge in [-0.05, 0) is 42.0 Å². The van der Waals surface area contributed by atoms with Gasteiger partial charge in [-0.15, -0.1) is 11.3 Å². The molecule has 3 rings (SSSR count). The molecule has 0 radical (unpaired) electrons. The molecular formula is C20H13F5N2O3S. The summed E-state index contributed by atoms with van der Waals surface area (Å²) < 4.78 is 79.2. The van der Waals surface area contributed by atoms with E-state index in [9.17, 15) is 27.2 Å². The van der Waals surface area contributed by atoms with Gasteiger partial charge in [0.1, 0.15) is 11.1 Å². The lowest BCUT2D eigenvalue weighted by Crippen LogP contribution is -2.05. The van der Waals surface area contributed by atoms with Crippen molar-refractivity contribution >= 4 is 33.2 Å². The van der Waals surface area contributed by atoms with Crippen molar-refractivity contribution in [3.8, 4) is 23.3 Å². The summed E-state index contributed by atoms with van der Waals surface area (Å²) in [7, 11) is 2.50. The molecule has 0 saturated heterocycles. The van der Waals surface area contributed by atoms with Crippen LogP contribution in [0.15, 0.2) is 30.3 Å². The van der Waals surface area contributed by atoms with E-state index in [1.807, 2.05) is 6.07 Å². The van der Waals surface area contributed by atoms with Crippen molar-refractivity contribution in [3.05, 3.63) is 46.5 Å². The maximum atomic E-state index is 12.9. The molecule has 0 aliphatic rings. The minimum absolute atomic E-state index is 0.0534. The lowest BCUT2D eigenvalue weighted by molar-refractivity contribution is -0.137. The molecule has 0 aliphatic carbocycles. The summed E-state index contributed by atoms with van der Waals surface area (Å²) in [6, 6.07) is 7.80. The second kappa shape index (κ2) is 8.77. The number of methoxy groups -OCH3 is 2. The Labute approximate surface area is 176 Å². The average Bonchev–Trinajstić information content (AvgIpc) is 3.14. The van der Waals surface area contributed by atoms with E-state index in [2.05, 4.69) is 9.72 Å². The molecule has 0 aliphatic heterocycles. The number of thiazole rings is 1. The van der Waals surface area contributed by atoms with Gasteiger partial charge in [-0.1, -0.05) is 0 Å². The van der Waals surface area contributed by atoms with Gasteiger partial charge < -0.3 is 14.2 Å². The number of nitriles is 1. The van der Waals surface area contributed by atoms with Gasteiger partial charge in [-0.2, -0.15) is 27.2 Å². The third-order valence-corrected chi connectivity index (χ3v) is 5.14. The highest BCUT2D eigenvalue weighted by atomic mass is 32.1. The molecular weight excluding hydrogens is 443 g/mol. The first kappa shape index (κ1) is 22.3. The quantitative estimate of drug-likeness (QED) is 0.336. The maximum absolute atomic E-state index is 12.9. The minimum Gasteiger partial charge on any atom is -0.493 e. The van der Waals surface area contributed by atoms with Crippen molar-refractivity contribution in [3.63, 3.8) is 0 Å². The zero-order valence-electron chi connectivity index (χ0n) is 16.0. The third kappa shape index (κ3) is 4.86. The van der Waals surface area contributed by atoms with Crippen LogP contribution in [-0.4, -0.2) is 25.8 Å². The van der Waals surface area contributed by atoms with Crippen LogP contribution in [0.25, 0.3) is 21.9 Å². The molecule has 0 unspecified atom stereocenters. The Balaban J connectivity index is 2.06.